The second-order valence-electron chi connectivity index (χ2n) is 17.8. The molecule has 5 rings (SSSR count). The van der Waals surface area contributed by atoms with Gasteiger partial charge < -0.3 is 26.2 Å². The Kier molecular flexibility index (Phi) is 12.1. The number of hydrogen-bond acceptors (Lipinski definition) is 7. The number of rotatable bonds is 13. The van der Waals surface area contributed by atoms with Crippen LogP contribution in [-0.4, -0.2) is 89.6 Å². The number of carbonyl (C=O) groups excluding carboxylic acids is 5. The first-order chi connectivity index (χ1) is 24.4. The van der Waals surface area contributed by atoms with Crippen molar-refractivity contribution < 1.29 is 32.4 Å². The Bertz CT molecular complexity index is 1530. The summed E-state index contributed by atoms with van der Waals surface area (Å²) >= 11 is 0. The maximum Gasteiger partial charge on any atom is 0.315 e. The van der Waals surface area contributed by atoms with Crippen LogP contribution in [0.3, 0.4) is 0 Å². The fourth-order valence-corrected chi connectivity index (χ4v) is 10.6. The largest absolute Gasteiger partial charge is 0.347 e. The summed E-state index contributed by atoms with van der Waals surface area (Å²) in [5.41, 5.74) is -1.16. The molecule has 1 saturated heterocycles. The summed E-state index contributed by atoms with van der Waals surface area (Å²) in [6.07, 6.45) is 16.3. The molecule has 52 heavy (non-hydrogen) atoms. The Balaban J connectivity index is 1.36. The zero-order valence-corrected chi connectivity index (χ0v) is 32.7. The highest BCUT2D eigenvalue weighted by molar-refractivity contribution is 7.92. The topological polar surface area (TPSA) is 171 Å². The van der Waals surface area contributed by atoms with Crippen molar-refractivity contribution in [2.75, 3.05) is 12.3 Å². The summed E-state index contributed by atoms with van der Waals surface area (Å²) < 4.78 is 25.8. The third-order valence-electron chi connectivity index (χ3n) is 12.9. The van der Waals surface area contributed by atoms with Gasteiger partial charge in [0.1, 0.15) is 12.1 Å². The number of hydrogen-bond donors (Lipinski definition) is 4. The minimum atomic E-state index is -3.56. The smallest absolute Gasteiger partial charge is 0.315 e. The zero-order valence-electron chi connectivity index (χ0n) is 31.9. The molecule has 4 saturated carbocycles. The Labute approximate surface area is 310 Å². The van der Waals surface area contributed by atoms with Crippen LogP contribution in [0.5, 0.6) is 0 Å². The first kappa shape index (κ1) is 40.1. The predicted octanol–water partition coefficient (Wildman–Crippen LogP) is 3.77. The molecule has 13 heteroatoms. The fourth-order valence-electron chi connectivity index (χ4n) is 9.09. The lowest BCUT2D eigenvalue weighted by Gasteiger charge is -2.41. The van der Waals surface area contributed by atoms with E-state index in [0.717, 1.165) is 70.6 Å². The average molecular weight is 744 g/mol. The molecule has 0 aromatic heterocycles. The molecule has 5 atom stereocenters. The van der Waals surface area contributed by atoms with Crippen LogP contribution < -0.4 is 21.3 Å². The second-order valence-corrected chi connectivity index (χ2v) is 20.6. The summed E-state index contributed by atoms with van der Waals surface area (Å²) in [5, 5.41) is 11.6. The van der Waals surface area contributed by atoms with Gasteiger partial charge in [-0.05, 0) is 95.3 Å². The number of nitrogens with zero attached hydrogens (tertiary/aromatic N) is 1. The molecule has 0 bridgehead atoms. The molecular formula is C39H61N5O7S. The molecule has 5 amide bonds. The molecule has 4 aliphatic carbocycles. The van der Waals surface area contributed by atoms with Crippen molar-refractivity contribution in [3.8, 4) is 12.3 Å². The van der Waals surface area contributed by atoms with E-state index in [-0.39, 0.29) is 53.7 Å². The summed E-state index contributed by atoms with van der Waals surface area (Å²) in [6, 6.07) is -3.55. The monoisotopic (exact) mass is 743 g/mol. The van der Waals surface area contributed by atoms with Gasteiger partial charge in [-0.3, -0.25) is 19.2 Å². The number of Topliss-reactive ketones (excluding diaryl/α,β-unsaturated/α-hetero) is 1. The number of amides is 5. The molecule has 0 spiro atoms. The van der Waals surface area contributed by atoms with Crippen molar-refractivity contribution in [3.63, 3.8) is 0 Å². The van der Waals surface area contributed by atoms with Crippen molar-refractivity contribution in [3.05, 3.63) is 0 Å². The van der Waals surface area contributed by atoms with E-state index in [2.05, 4.69) is 41.0 Å². The highest BCUT2D eigenvalue weighted by Gasteiger charge is 2.69. The van der Waals surface area contributed by atoms with E-state index < -0.39 is 61.9 Å². The summed E-state index contributed by atoms with van der Waals surface area (Å²) in [7, 11) is -3.56. The molecule has 4 N–H and O–H groups in total. The maximum atomic E-state index is 14.7. The van der Waals surface area contributed by atoms with Crippen LogP contribution in [0.15, 0.2) is 0 Å². The highest BCUT2D eigenvalue weighted by atomic mass is 32.2. The van der Waals surface area contributed by atoms with Crippen molar-refractivity contribution >= 4 is 39.4 Å². The third kappa shape index (κ3) is 8.63. The van der Waals surface area contributed by atoms with E-state index in [4.69, 9.17) is 6.42 Å². The van der Waals surface area contributed by atoms with Crippen molar-refractivity contribution in [1.82, 2.24) is 26.2 Å². The second kappa shape index (κ2) is 15.7. The van der Waals surface area contributed by atoms with Gasteiger partial charge >= 0.3 is 6.03 Å². The minimum absolute atomic E-state index is 0.0475. The lowest BCUT2D eigenvalue weighted by molar-refractivity contribution is -0.145. The zero-order chi connectivity index (χ0) is 38.1. The predicted molar refractivity (Wildman–Crippen MR) is 198 cm³/mol. The molecule has 1 aliphatic heterocycles. The van der Waals surface area contributed by atoms with E-state index in [9.17, 15) is 32.4 Å². The third-order valence-corrected chi connectivity index (χ3v) is 15.7. The summed E-state index contributed by atoms with van der Waals surface area (Å²) in [6.45, 7) is 9.47. The average Bonchev–Trinajstić information content (AvgIpc) is 3.37. The van der Waals surface area contributed by atoms with Crippen LogP contribution in [0.25, 0.3) is 0 Å². The van der Waals surface area contributed by atoms with Crippen LogP contribution in [0, 0.1) is 35.5 Å². The van der Waals surface area contributed by atoms with E-state index >= 15 is 0 Å². The number of nitrogens with one attached hydrogen (secondary N) is 4. The SMILES string of the molecule is C#CCCC(NC(=O)[C@@H]1C2C(CN1C(=O)[C@@H](NC(=O)NC1(CS(=O)(=O)C(C)(C)C)CCCCC1)C1CCCCC1)C2(C)C)C(=O)C(=O)NC1CCC1. The van der Waals surface area contributed by atoms with E-state index in [1.54, 1.807) is 25.7 Å². The van der Waals surface area contributed by atoms with Crippen molar-refractivity contribution in [1.29, 1.82) is 0 Å². The first-order valence-electron chi connectivity index (χ1n) is 19.6. The van der Waals surface area contributed by atoms with E-state index in [1.807, 2.05) is 0 Å². The minimum Gasteiger partial charge on any atom is -0.347 e. The van der Waals surface area contributed by atoms with Crippen molar-refractivity contribution in [2.45, 2.75) is 165 Å². The molecular weight excluding hydrogens is 683 g/mol. The number of urea groups is 1. The lowest BCUT2D eigenvalue weighted by Crippen LogP contribution is -2.63. The standard InChI is InChI=1S/C39H61N5O7S/c1-7-8-20-28(32(45)34(47)40-26-18-15-19-26)41-33(46)31-29-27(38(29,5)6)23-44(31)35(48)30(25-16-11-9-12-17-25)42-36(49)43-39(21-13-10-14-22-39)24-52(50,51)37(2,3)4/h1,25-31H,8-24H2,2-6H3,(H,40,47)(H,41,46)(H2,42,43,49)/t27?,28?,29?,30-,31-/m0/s1. The number of fused-ring (bicyclic) bond motifs is 1. The molecule has 0 aromatic rings. The van der Waals surface area contributed by atoms with Crippen molar-refractivity contribution in [2.24, 2.45) is 23.2 Å². The molecule has 0 aromatic carbocycles. The number of terminal acetylenes is 1. The highest BCUT2D eigenvalue weighted by Crippen LogP contribution is 2.65. The summed E-state index contributed by atoms with van der Waals surface area (Å²) in [5.74, 6) is -0.267. The molecule has 1 heterocycles. The Hall–Kier alpha value is -3.14. The molecule has 290 valence electrons. The van der Waals surface area contributed by atoms with Gasteiger partial charge in [-0.1, -0.05) is 52.4 Å². The Morgan fingerprint density at radius 2 is 1.54 bits per heavy atom. The van der Waals surface area contributed by atoms with Gasteiger partial charge in [-0.25, -0.2) is 13.2 Å². The summed E-state index contributed by atoms with van der Waals surface area (Å²) in [4.78, 5) is 70.6. The molecule has 3 unspecified atom stereocenters. The Morgan fingerprint density at radius 1 is 0.904 bits per heavy atom. The van der Waals surface area contributed by atoms with Crippen LogP contribution in [0.2, 0.25) is 0 Å². The van der Waals surface area contributed by atoms with Crippen LogP contribution >= 0.6 is 0 Å². The normalized spacial score (nSPS) is 26.8. The molecule has 12 nitrogen and oxygen atoms in total. The van der Waals surface area contributed by atoms with E-state index in [1.165, 1.54) is 0 Å². The van der Waals surface area contributed by atoms with Gasteiger partial charge in [-0.2, -0.15) is 0 Å². The van der Waals surface area contributed by atoms with Crippen LogP contribution in [0.1, 0.15) is 131 Å². The quantitative estimate of drug-likeness (QED) is 0.164. The number of ketones is 1. The van der Waals surface area contributed by atoms with Gasteiger partial charge in [0.2, 0.25) is 17.6 Å². The van der Waals surface area contributed by atoms with E-state index in [0.29, 0.717) is 19.4 Å². The van der Waals surface area contributed by atoms with Crippen LogP contribution in [-0.2, 0) is 29.0 Å². The van der Waals surface area contributed by atoms with Gasteiger partial charge in [0.15, 0.2) is 9.84 Å². The fraction of sp³-hybridized carbons (Fsp3) is 0.821. The Morgan fingerprint density at radius 3 is 2.12 bits per heavy atom. The van der Waals surface area contributed by atoms with Gasteiger partial charge in [0.05, 0.1) is 22.1 Å². The lowest BCUT2D eigenvalue weighted by atomic mass is 9.82. The number of likely N-dealkylation sites (tertiary alicyclic amines) is 1. The first-order valence-corrected chi connectivity index (χ1v) is 21.3. The number of sulfone groups is 1. The molecule has 0 radical (unpaired) electrons. The number of carbonyl (C=O) groups is 5. The molecule has 5 aliphatic rings. The molecule has 5 fully saturated rings. The van der Waals surface area contributed by atoms with Gasteiger partial charge in [0, 0.05) is 19.0 Å². The van der Waals surface area contributed by atoms with Crippen LogP contribution in [0.4, 0.5) is 4.79 Å². The van der Waals surface area contributed by atoms with Gasteiger partial charge in [-0.15, -0.1) is 12.3 Å². The maximum absolute atomic E-state index is 14.7. The number of piperidine rings is 1. The van der Waals surface area contributed by atoms with Gasteiger partial charge in [0.25, 0.3) is 5.91 Å².